The van der Waals surface area contributed by atoms with E-state index in [4.69, 9.17) is 4.74 Å². The molecular weight excluding hydrogens is 370 g/mol. The number of para-hydroxylation sites is 1. The third-order valence-corrected chi connectivity index (χ3v) is 6.46. The van der Waals surface area contributed by atoms with Crippen molar-refractivity contribution in [2.45, 2.75) is 71.3 Å². The van der Waals surface area contributed by atoms with E-state index in [2.05, 4.69) is 55.7 Å². The summed E-state index contributed by atoms with van der Waals surface area (Å²) < 4.78 is 7.90. The highest BCUT2D eigenvalue weighted by Crippen LogP contribution is 2.47. The van der Waals surface area contributed by atoms with Crippen LogP contribution in [0.2, 0.25) is 0 Å². The number of ether oxygens (including phenoxy) is 1. The number of nitrogens with zero attached hydrogens (tertiary/aromatic N) is 1. The van der Waals surface area contributed by atoms with Crippen molar-refractivity contribution in [3.63, 3.8) is 0 Å². The van der Waals surface area contributed by atoms with Crippen molar-refractivity contribution in [1.82, 2.24) is 4.57 Å². The zero-order valence-electron chi connectivity index (χ0n) is 18.9. The molecular formula is C27H33NO2. The van der Waals surface area contributed by atoms with Gasteiger partial charge in [-0.2, -0.15) is 0 Å². The zero-order chi connectivity index (χ0) is 21.5. The van der Waals surface area contributed by atoms with Crippen LogP contribution in [0.4, 0.5) is 0 Å². The smallest absolute Gasteiger partial charge is 0.160 e. The summed E-state index contributed by atoms with van der Waals surface area (Å²) in [5.74, 6) is 1.33. The van der Waals surface area contributed by atoms with Gasteiger partial charge in [-0.25, -0.2) is 0 Å². The molecule has 1 fully saturated rings. The quantitative estimate of drug-likeness (QED) is 0.427. The molecule has 1 saturated carbocycles. The summed E-state index contributed by atoms with van der Waals surface area (Å²) in [5, 5.41) is 1.33. The lowest BCUT2D eigenvalue weighted by atomic mass is 9.81. The zero-order valence-corrected chi connectivity index (χ0v) is 18.9. The van der Waals surface area contributed by atoms with Crippen LogP contribution in [-0.2, 0) is 5.54 Å². The van der Waals surface area contributed by atoms with Crippen LogP contribution in [0.5, 0.6) is 5.75 Å². The number of aromatic nitrogens is 1. The Morgan fingerprint density at radius 3 is 2.37 bits per heavy atom. The fraction of sp³-hybridized carbons (Fsp3) is 0.444. The first-order valence-electron chi connectivity index (χ1n) is 11.2. The van der Waals surface area contributed by atoms with Crippen LogP contribution in [0, 0.1) is 0 Å². The minimum absolute atomic E-state index is 0.0733. The van der Waals surface area contributed by atoms with Crippen molar-refractivity contribution in [2.75, 3.05) is 7.11 Å². The van der Waals surface area contributed by atoms with E-state index in [1.165, 1.54) is 54.3 Å². The standard InChI is InChI=1S/C27H33NO2/c1-18(29)23-17-20(30-5)15-16-21(23)26-25(19-11-7-6-8-12-19)22-13-9-10-14-24(22)28(26)27(2,3)4/h9-10,13-17,19H,6-8,11-12H2,1-5H3. The maximum absolute atomic E-state index is 12.7. The number of benzene rings is 2. The molecule has 0 spiro atoms. The summed E-state index contributed by atoms with van der Waals surface area (Å²) in [7, 11) is 1.65. The van der Waals surface area contributed by atoms with Crippen LogP contribution < -0.4 is 4.74 Å². The first-order chi connectivity index (χ1) is 14.3. The first-order valence-corrected chi connectivity index (χ1v) is 11.2. The second kappa shape index (κ2) is 7.94. The Morgan fingerprint density at radius 1 is 1.03 bits per heavy atom. The van der Waals surface area contributed by atoms with Crippen LogP contribution in [0.25, 0.3) is 22.2 Å². The van der Waals surface area contributed by atoms with Gasteiger partial charge in [0.05, 0.1) is 12.8 Å². The molecule has 1 aromatic heterocycles. The summed E-state index contributed by atoms with van der Waals surface area (Å²) in [6, 6.07) is 14.7. The minimum Gasteiger partial charge on any atom is -0.497 e. The molecule has 3 aromatic rings. The van der Waals surface area contributed by atoms with Gasteiger partial charge in [0.15, 0.2) is 5.78 Å². The number of carbonyl (C=O) groups is 1. The largest absolute Gasteiger partial charge is 0.497 e. The summed E-state index contributed by atoms with van der Waals surface area (Å²) in [6.07, 6.45) is 6.32. The molecule has 1 heterocycles. The molecule has 0 aliphatic heterocycles. The fourth-order valence-electron chi connectivity index (χ4n) is 5.18. The lowest BCUT2D eigenvalue weighted by Crippen LogP contribution is -2.23. The number of hydrogen-bond acceptors (Lipinski definition) is 2. The summed E-state index contributed by atoms with van der Waals surface area (Å²) in [4.78, 5) is 12.7. The second-order valence-electron chi connectivity index (χ2n) is 9.59. The van der Waals surface area contributed by atoms with Gasteiger partial charge in [0.25, 0.3) is 0 Å². The molecule has 0 atom stereocenters. The molecule has 1 aliphatic rings. The van der Waals surface area contributed by atoms with Crippen LogP contribution >= 0.6 is 0 Å². The molecule has 0 N–H and O–H groups in total. The van der Waals surface area contributed by atoms with E-state index in [1.54, 1.807) is 14.0 Å². The second-order valence-corrected chi connectivity index (χ2v) is 9.59. The van der Waals surface area contributed by atoms with Crippen LogP contribution in [0.15, 0.2) is 42.5 Å². The Kier molecular flexibility index (Phi) is 5.48. The maximum atomic E-state index is 12.7. The van der Waals surface area contributed by atoms with Gasteiger partial charge in [-0.1, -0.05) is 37.5 Å². The van der Waals surface area contributed by atoms with Gasteiger partial charge in [-0.15, -0.1) is 0 Å². The highest BCUT2D eigenvalue weighted by Gasteiger charge is 2.31. The highest BCUT2D eigenvalue weighted by atomic mass is 16.5. The van der Waals surface area contributed by atoms with Crippen molar-refractivity contribution in [1.29, 1.82) is 0 Å². The number of carbonyl (C=O) groups excluding carboxylic acids is 1. The third kappa shape index (κ3) is 3.55. The predicted octanol–water partition coefficient (Wildman–Crippen LogP) is 7.32. The summed E-state index contributed by atoms with van der Waals surface area (Å²) in [6.45, 7) is 8.42. The van der Waals surface area contributed by atoms with Crippen molar-refractivity contribution >= 4 is 16.7 Å². The molecule has 3 nitrogen and oxygen atoms in total. The number of methoxy groups -OCH3 is 1. The Morgan fingerprint density at radius 2 is 1.73 bits per heavy atom. The van der Waals surface area contributed by atoms with Gasteiger partial charge in [-0.3, -0.25) is 4.79 Å². The Bertz CT molecular complexity index is 1080. The number of rotatable bonds is 4. The Hall–Kier alpha value is -2.55. The first kappa shape index (κ1) is 20.7. The van der Waals surface area contributed by atoms with Crippen molar-refractivity contribution in [3.8, 4) is 17.0 Å². The average molecular weight is 404 g/mol. The molecule has 0 bridgehead atoms. The fourth-order valence-corrected chi connectivity index (χ4v) is 5.18. The van der Waals surface area contributed by atoms with Gasteiger partial charge in [0.2, 0.25) is 0 Å². The molecule has 1 aliphatic carbocycles. The summed E-state index contributed by atoms with van der Waals surface area (Å²) in [5.41, 5.74) is 5.53. The van der Waals surface area contributed by atoms with Crippen LogP contribution in [0.1, 0.15) is 81.6 Å². The third-order valence-electron chi connectivity index (χ3n) is 6.46. The average Bonchev–Trinajstić information content (AvgIpc) is 3.09. The molecule has 30 heavy (non-hydrogen) atoms. The maximum Gasteiger partial charge on any atom is 0.160 e. The number of ketones is 1. The van der Waals surface area contributed by atoms with E-state index in [-0.39, 0.29) is 11.3 Å². The monoisotopic (exact) mass is 403 g/mol. The molecule has 0 radical (unpaired) electrons. The molecule has 0 amide bonds. The van der Waals surface area contributed by atoms with E-state index in [1.807, 2.05) is 12.1 Å². The topological polar surface area (TPSA) is 31.2 Å². The summed E-state index contributed by atoms with van der Waals surface area (Å²) >= 11 is 0. The van der Waals surface area contributed by atoms with Gasteiger partial charge in [0.1, 0.15) is 5.75 Å². The molecule has 0 unspecified atom stereocenters. The van der Waals surface area contributed by atoms with Gasteiger partial charge in [0, 0.05) is 27.6 Å². The number of fused-ring (bicyclic) bond motifs is 1. The van der Waals surface area contributed by atoms with Crippen molar-refractivity contribution < 1.29 is 9.53 Å². The Balaban J connectivity index is 2.12. The molecule has 0 saturated heterocycles. The van der Waals surface area contributed by atoms with Crippen molar-refractivity contribution in [2.24, 2.45) is 0 Å². The van der Waals surface area contributed by atoms with Gasteiger partial charge < -0.3 is 9.30 Å². The minimum atomic E-state index is -0.115. The van der Waals surface area contributed by atoms with E-state index in [0.29, 0.717) is 5.92 Å². The van der Waals surface area contributed by atoms with E-state index < -0.39 is 0 Å². The molecule has 158 valence electrons. The van der Waals surface area contributed by atoms with E-state index in [9.17, 15) is 4.79 Å². The van der Waals surface area contributed by atoms with Gasteiger partial charge in [-0.05, 0) is 76.3 Å². The molecule has 4 rings (SSSR count). The predicted molar refractivity (Wildman–Crippen MR) is 125 cm³/mol. The van der Waals surface area contributed by atoms with Gasteiger partial charge >= 0.3 is 0 Å². The lowest BCUT2D eigenvalue weighted by molar-refractivity contribution is 0.101. The Labute approximate surface area is 180 Å². The highest BCUT2D eigenvalue weighted by molar-refractivity contribution is 6.03. The van der Waals surface area contributed by atoms with E-state index in [0.717, 1.165) is 16.9 Å². The molecule has 2 aromatic carbocycles. The molecule has 3 heteroatoms. The number of hydrogen-bond donors (Lipinski definition) is 0. The SMILES string of the molecule is COc1ccc(-c2c(C3CCCCC3)c3ccccc3n2C(C)(C)C)c(C(C)=O)c1. The number of Topliss-reactive ketones (excluding diaryl/α,β-unsaturated/α-hetero) is 1. The van der Waals surface area contributed by atoms with Crippen LogP contribution in [-0.4, -0.2) is 17.5 Å². The van der Waals surface area contributed by atoms with Crippen molar-refractivity contribution in [3.05, 3.63) is 53.6 Å². The lowest BCUT2D eigenvalue weighted by Gasteiger charge is -2.29. The van der Waals surface area contributed by atoms with E-state index >= 15 is 0 Å². The van der Waals surface area contributed by atoms with Crippen LogP contribution in [0.3, 0.4) is 0 Å². The normalized spacial score (nSPS) is 15.5.